The third kappa shape index (κ3) is 3.37. The number of rotatable bonds is 5. The Hall–Kier alpha value is -3.87. The molecule has 4 aromatic rings. The molecule has 28 heavy (non-hydrogen) atoms. The van der Waals surface area contributed by atoms with Gasteiger partial charge in [0.25, 0.3) is 5.56 Å². The van der Waals surface area contributed by atoms with Crippen LogP contribution in [0.5, 0.6) is 11.5 Å². The van der Waals surface area contributed by atoms with Crippen molar-refractivity contribution in [1.82, 2.24) is 15.0 Å². The van der Waals surface area contributed by atoms with Crippen LogP contribution in [0.25, 0.3) is 22.2 Å². The maximum absolute atomic E-state index is 12.8. The first-order chi connectivity index (χ1) is 13.7. The topological polar surface area (TPSA) is 89.1 Å². The summed E-state index contributed by atoms with van der Waals surface area (Å²) in [5, 5.41) is 3.52. The van der Waals surface area contributed by atoms with Crippen LogP contribution >= 0.6 is 0 Å². The minimum Gasteiger partial charge on any atom is -0.497 e. The maximum atomic E-state index is 12.8. The molecule has 0 atom stereocenters. The number of anilines is 2. The van der Waals surface area contributed by atoms with Gasteiger partial charge in [0, 0.05) is 11.9 Å². The average molecular weight is 374 g/mol. The van der Waals surface area contributed by atoms with Gasteiger partial charge in [-0.05, 0) is 53.6 Å². The van der Waals surface area contributed by atoms with Crippen LogP contribution in [0, 0.1) is 0 Å². The van der Waals surface area contributed by atoms with Crippen molar-refractivity contribution in [2.45, 2.75) is 0 Å². The van der Waals surface area contributed by atoms with Crippen molar-refractivity contribution in [2.75, 3.05) is 19.5 Å². The zero-order valence-electron chi connectivity index (χ0n) is 15.4. The Kier molecular flexibility index (Phi) is 4.63. The van der Waals surface area contributed by atoms with Crippen molar-refractivity contribution >= 4 is 22.7 Å². The summed E-state index contributed by atoms with van der Waals surface area (Å²) < 4.78 is 10.3. The molecule has 0 aliphatic heterocycles. The van der Waals surface area contributed by atoms with E-state index in [0.717, 1.165) is 28.3 Å². The van der Waals surface area contributed by atoms with E-state index in [2.05, 4.69) is 20.3 Å². The molecule has 0 aliphatic carbocycles. The van der Waals surface area contributed by atoms with E-state index in [1.807, 2.05) is 48.5 Å². The number of aromatic amines is 1. The number of methoxy groups -OCH3 is 2. The lowest BCUT2D eigenvalue weighted by Gasteiger charge is -2.09. The van der Waals surface area contributed by atoms with Crippen LogP contribution in [0.3, 0.4) is 0 Å². The first-order valence-corrected chi connectivity index (χ1v) is 8.62. The summed E-state index contributed by atoms with van der Waals surface area (Å²) in [5.41, 5.74) is 2.52. The van der Waals surface area contributed by atoms with Crippen LogP contribution < -0.4 is 20.3 Å². The van der Waals surface area contributed by atoms with Crippen LogP contribution in [0.2, 0.25) is 0 Å². The van der Waals surface area contributed by atoms with Gasteiger partial charge in [0.2, 0.25) is 5.95 Å². The van der Waals surface area contributed by atoms with Crippen LogP contribution in [0.1, 0.15) is 0 Å². The first kappa shape index (κ1) is 17.5. The summed E-state index contributed by atoms with van der Waals surface area (Å²) >= 11 is 0. The van der Waals surface area contributed by atoms with E-state index < -0.39 is 0 Å². The van der Waals surface area contributed by atoms with Crippen molar-refractivity contribution in [1.29, 1.82) is 0 Å². The fraction of sp³-hybridized carbons (Fsp3) is 0.0952. The number of nitrogens with one attached hydrogen (secondary N) is 2. The van der Waals surface area contributed by atoms with Gasteiger partial charge in [-0.1, -0.05) is 12.1 Å². The minimum absolute atomic E-state index is 0.264. The van der Waals surface area contributed by atoms with Crippen molar-refractivity contribution in [3.8, 4) is 22.6 Å². The fourth-order valence-electron chi connectivity index (χ4n) is 2.94. The van der Waals surface area contributed by atoms with Gasteiger partial charge in [0.15, 0.2) is 5.65 Å². The van der Waals surface area contributed by atoms with Gasteiger partial charge in [-0.3, -0.25) is 9.78 Å². The second-order valence-corrected chi connectivity index (χ2v) is 6.05. The lowest BCUT2D eigenvalue weighted by atomic mass is 10.0. The Morgan fingerprint density at radius 2 is 1.54 bits per heavy atom. The second kappa shape index (κ2) is 7.40. The number of fused-ring (bicyclic) bond motifs is 1. The summed E-state index contributed by atoms with van der Waals surface area (Å²) in [6.07, 6.45) is 1.64. The summed E-state index contributed by atoms with van der Waals surface area (Å²) in [4.78, 5) is 24.3. The molecule has 7 heteroatoms. The SMILES string of the molecule is COc1ccc(Nc2nc3nccc(-c4ccc(OC)cc4)c3c(=O)[nH]2)cc1. The number of hydrogen-bond donors (Lipinski definition) is 2. The van der Waals surface area contributed by atoms with E-state index in [-0.39, 0.29) is 5.56 Å². The predicted octanol–water partition coefficient (Wildman–Crippen LogP) is 3.75. The number of ether oxygens (including phenoxy) is 2. The molecule has 4 rings (SSSR count). The molecule has 2 aromatic heterocycles. The Morgan fingerprint density at radius 1 is 0.893 bits per heavy atom. The van der Waals surface area contributed by atoms with Gasteiger partial charge < -0.3 is 14.8 Å². The highest BCUT2D eigenvalue weighted by Crippen LogP contribution is 2.27. The molecule has 2 aromatic carbocycles. The Balaban J connectivity index is 1.73. The Morgan fingerprint density at radius 3 is 2.18 bits per heavy atom. The van der Waals surface area contributed by atoms with E-state index >= 15 is 0 Å². The van der Waals surface area contributed by atoms with Gasteiger partial charge in [0.1, 0.15) is 11.5 Å². The van der Waals surface area contributed by atoms with Gasteiger partial charge in [0.05, 0.1) is 19.6 Å². The van der Waals surface area contributed by atoms with Crippen LogP contribution in [-0.2, 0) is 0 Å². The molecule has 2 heterocycles. The molecule has 7 nitrogen and oxygen atoms in total. The number of hydrogen-bond acceptors (Lipinski definition) is 6. The van der Waals surface area contributed by atoms with Crippen molar-refractivity contribution in [2.24, 2.45) is 0 Å². The van der Waals surface area contributed by atoms with Gasteiger partial charge >= 0.3 is 0 Å². The largest absolute Gasteiger partial charge is 0.497 e. The highest BCUT2D eigenvalue weighted by molar-refractivity contribution is 5.92. The number of nitrogens with zero attached hydrogens (tertiary/aromatic N) is 2. The standard InChI is InChI=1S/C21H18N4O3/c1-27-15-7-3-13(4-8-15)17-11-12-22-19-18(17)20(26)25-21(24-19)23-14-5-9-16(28-2)10-6-14/h3-12H,1-2H3,(H2,22,23,24,25,26). The molecule has 0 saturated heterocycles. The summed E-state index contributed by atoms with van der Waals surface area (Å²) in [6, 6.07) is 16.6. The monoisotopic (exact) mass is 374 g/mol. The van der Waals surface area contributed by atoms with Crippen molar-refractivity contribution in [3.05, 3.63) is 71.1 Å². The molecule has 0 bridgehead atoms. The summed E-state index contributed by atoms with van der Waals surface area (Å²) in [5.74, 6) is 1.82. The molecule has 0 radical (unpaired) electrons. The molecule has 0 aliphatic rings. The van der Waals surface area contributed by atoms with Gasteiger partial charge in [-0.2, -0.15) is 4.98 Å². The van der Waals surface area contributed by atoms with E-state index in [0.29, 0.717) is 17.0 Å². The van der Waals surface area contributed by atoms with Crippen LogP contribution in [0.4, 0.5) is 11.6 Å². The molecular formula is C21H18N4O3. The zero-order chi connectivity index (χ0) is 19.5. The van der Waals surface area contributed by atoms with E-state index in [1.165, 1.54) is 0 Å². The average Bonchev–Trinajstić information content (AvgIpc) is 2.74. The molecule has 0 saturated carbocycles. The molecule has 140 valence electrons. The molecule has 0 unspecified atom stereocenters. The molecule has 0 spiro atoms. The number of pyridine rings is 1. The lowest BCUT2D eigenvalue weighted by Crippen LogP contribution is -2.13. The Labute approximate surface area is 161 Å². The van der Waals surface area contributed by atoms with E-state index in [4.69, 9.17) is 9.47 Å². The quantitative estimate of drug-likeness (QED) is 0.553. The minimum atomic E-state index is -0.264. The normalized spacial score (nSPS) is 10.6. The highest BCUT2D eigenvalue weighted by Gasteiger charge is 2.12. The molecular weight excluding hydrogens is 356 g/mol. The van der Waals surface area contributed by atoms with Crippen molar-refractivity contribution < 1.29 is 9.47 Å². The smallest absolute Gasteiger partial charge is 0.262 e. The Bertz CT molecular complexity index is 1170. The van der Waals surface area contributed by atoms with E-state index in [1.54, 1.807) is 26.5 Å². The second-order valence-electron chi connectivity index (χ2n) is 6.05. The molecule has 0 amide bonds. The third-order valence-corrected chi connectivity index (χ3v) is 4.36. The zero-order valence-corrected chi connectivity index (χ0v) is 15.4. The molecule has 0 fully saturated rings. The van der Waals surface area contributed by atoms with Crippen molar-refractivity contribution in [3.63, 3.8) is 0 Å². The van der Waals surface area contributed by atoms with E-state index in [9.17, 15) is 4.79 Å². The maximum Gasteiger partial charge on any atom is 0.262 e. The predicted molar refractivity (Wildman–Crippen MR) is 108 cm³/mol. The first-order valence-electron chi connectivity index (χ1n) is 8.62. The highest BCUT2D eigenvalue weighted by atomic mass is 16.5. The van der Waals surface area contributed by atoms with Crippen LogP contribution in [0.15, 0.2) is 65.6 Å². The summed E-state index contributed by atoms with van der Waals surface area (Å²) in [6.45, 7) is 0. The van der Waals surface area contributed by atoms with Gasteiger partial charge in [-0.25, -0.2) is 4.98 Å². The number of benzene rings is 2. The summed E-state index contributed by atoms with van der Waals surface area (Å²) in [7, 11) is 3.22. The third-order valence-electron chi connectivity index (χ3n) is 4.36. The number of aromatic nitrogens is 3. The van der Waals surface area contributed by atoms with Crippen LogP contribution in [-0.4, -0.2) is 29.2 Å². The van der Waals surface area contributed by atoms with Gasteiger partial charge in [-0.15, -0.1) is 0 Å². The fourth-order valence-corrected chi connectivity index (χ4v) is 2.94. The lowest BCUT2D eigenvalue weighted by molar-refractivity contribution is 0.415. The number of H-pyrrole nitrogens is 1. The molecule has 2 N–H and O–H groups in total.